The topological polar surface area (TPSA) is 114 Å². The summed E-state index contributed by atoms with van der Waals surface area (Å²) >= 11 is 0. The van der Waals surface area contributed by atoms with Crippen molar-refractivity contribution in [2.45, 2.75) is 19.9 Å². The van der Waals surface area contributed by atoms with Gasteiger partial charge in [-0.15, -0.1) is 0 Å². The Morgan fingerprint density at radius 1 is 1.40 bits per heavy atom. The number of aromatic nitrogens is 1. The maximum absolute atomic E-state index is 11.7. The van der Waals surface area contributed by atoms with Gasteiger partial charge in [-0.1, -0.05) is 0 Å². The highest BCUT2D eigenvalue weighted by Gasteiger charge is 2.30. The first-order valence-corrected chi connectivity index (χ1v) is 6.46. The summed E-state index contributed by atoms with van der Waals surface area (Å²) in [7, 11) is 0. The molecule has 1 aromatic heterocycles. The van der Waals surface area contributed by atoms with Crippen LogP contribution in [0.15, 0.2) is 6.07 Å². The number of nitrogens with two attached hydrogens (primary N) is 2. The number of pyridine rings is 1. The molecule has 0 radical (unpaired) electrons. The third-order valence-corrected chi connectivity index (χ3v) is 3.44. The van der Waals surface area contributed by atoms with Gasteiger partial charge in [-0.05, 0) is 19.9 Å². The third-order valence-electron chi connectivity index (χ3n) is 3.44. The monoisotopic (exact) mass is 277 g/mol. The summed E-state index contributed by atoms with van der Waals surface area (Å²) in [6, 6.07) is 1.27. The van der Waals surface area contributed by atoms with Crippen LogP contribution in [-0.4, -0.2) is 42.5 Å². The SMILES string of the molecule is Cc1cc(N2CCNCC2C(N)=O)c(C(N)=O)c(C)n1. The summed E-state index contributed by atoms with van der Waals surface area (Å²) in [5, 5.41) is 3.12. The molecule has 0 aromatic carbocycles. The number of nitrogens with zero attached hydrogens (tertiary/aromatic N) is 2. The van der Waals surface area contributed by atoms with Crippen molar-refractivity contribution < 1.29 is 9.59 Å². The number of primary amides is 2. The molecule has 0 bridgehead atoms. The van der Waals surface area contributed by atoms with E-state index in [1.807, 2.05) is 11.8 Å². The van der Waals surface area contributed by atoms with Gasteiger partial charge in [0.2, 0.25) is 5.91 Å². The fourth-order valence-electron chi connectivity index (χ4n) is 2.59. The molecule has 2 rings (SSSR count). The lowest BCUT2D eigenvalue weighted by molar-refractivity contribution is -0.119. The van der Waals surface area contributed by atoms with E-state index in [1.54, 1.807) is 13.0 Å². The van der Waals surface area contributed by atoms with Gasteiger partial charge in [-0.25, -0.2) is 0 Å². The highest BCUT2D eigenvalue weighted by atomic mass is 16.2. The van der Waals surface area contributed by atoms with E-state index in [2.05, 4.69) is 10.3 Å². The van der Waals surface area contributed by atoms with Gasteiger partial charge in [0.15, 0.2) is 0 Å². The van der Waals surface area contributed by atoms with Crippen molar-refractivity contribution in [1.29, 1.82) is 0 Å². The normalized spacial score (nSPS) is 18.9. The molecule has 1 aliphatic heterocycles. The molecular weight excluding hydrogens is 258 g/mol. The van der Waals surface area contributed by atoms with E-state index >= 15 is 0 Å². The van der Waals surface area contributed by atoms with E-state index in [-0.39, 0.29) is 0 Å². The number of hydrogen-bond donors (Lipinski definition) is 3. The van der Waals surface area contributed by atoms with Gasteiger partial charge in [0.1, 0.15) is 6.04 Å². The molecule has 0 spiro atoms. The molecule has 108 valence electrons. The maximum atomic E-state index is 11.7. The number of anilines is 1. The first-order valence-electron chi connectivity index (χ1n) is 6.46. The molecule has 5 N–H and O–H groups in total. The van der Waals surface area contributed by atoms with Crippen LogP contribution in [0.1, 0.15) is 21.7 Å². The average molecular weight is 277 g/mol. The zero-order valence-corrected chi connectivity index (χ0v) is 11.6. The Kier molecular flexibility index (Phi) is 3.89. The third kappa shape index (κ3) is 2.57. The number of aryl methyl sites for hydroxylation is 2. The minimum atomic E-state index is -0.549. The van der Waals surface area contributed by atoms with Gasteiger partial charge in [0.25, 0.3) is 5.91 Å². The van der Waals surface area contributed by atoms with E-state index in [9.17, 15) is 9.59 Å². The van der Waals surface area contributed by atoms with Crippen LogP contribution in [0.5, 0.6) is 0 Å². The number of hydrogen-bond acceptors (Lipinski definition) is 5. The zero-order valence-electron chi connectivity index (χ0n) is 11.6. The molecule has 2 amide bonds. The van der Waals surface area contributed by atoms with Crippen molar-refractivity contribution in [2.75, 3.05) is 24.5 Å². The molecule has 0 saturated carbocycles. The van der Waals surface area contributed by atoms with Crippen molar-refractivity contribution in [3.8, 4) is 0 Å². The van der Waals surface area contributed by atoms with E-state index in [4.69, 9.17) is 11.5 Å². The van der Waals surface area contributed by atoms with E-state index in [0.29, 0.717) is 36.6 Å². The second-order valence-corrected chi connectivity index (χ2v) is 4.92. The van der Waals surface area contributed by atoms with Crippen molar-refractivity contribution in [3.63, 3.8) is 0 Å². The smallest absolute Gasteiger partial charge is 0.252 e. The number of piperazine rings is 1. The number of carbonyl (C=O) groups excluding carboxylic acids is 2. The number of nitrogens with one attached hydrogen (secondary N) is 1. The summed E-state index contributed by atoms with van der Waals surface area (Å²) in [5.74, 6) is -0.980. The summed E-state index contributed by atoms with van der Waals surface area (Å²) in [4.78, 5) is 29.4. The molecule has 0 aliphatic carbocycles. The summed E-state index contributed by atoms with van der Waals surface area (Å²) in [6.07, 6.45) is 0. The Morgan fingerprint density at radius 2 is 2.10 bits per heavy atom. The fraction of sp³-hybridized carbons (Fsp3) is 0.462. The predicted octanol–water partition coefficient (Wildman–Crippen LogP) is -0.939. The summed E-state index contributed by atoms with van der Waals surface area (Å²) in [5.41, 5.74) is 13.2. The summed E-state index contributed by atoms with van der Waals surface area (Å²) in [6.45, 7) is 5.31. The Hall–Kier alpha value is -2.15. The average Bonchev–Trinajstić information content (AvgIpc) is 2.37. The first-order chi connectivity index (χ1) is 9.41. The molecule has 2 heterocycles. The molecular formula is C13H19N5O2. The van der Waals surface area contributed by atoms with Crippen LogP contribution in [0.25, 0.3) is 0 Å². The van der Waals surface area contributed by atoms with Crippen LogP contribution < -0.4 is 21.7 Å². The van der Waals surface area contributed by atoms with Gasteiger partial charge < -0.3 is 21.7 Å². The molecule has 1 aliphatic rings. The molecule has 20 heavy (non-hydrogen) atoms. The molecule has 7 nitrogen and oxygen atoms in total. The minimum absolute atomic E-state index is 0.351. The zero-order chi connectivity index (χ0) is 14.9. The van der Waals surface area contributed by atoms with Crippen LogP contribution >= 0.6 is 0 Å². The lowest BCUT2D eigenvalue weighted by Gasteiger charge is -2.37. The molecule has 1 saturated heterocycles. The second-order valence-electron chi connectivity index (χ2n) is 4.92. The molecule has 1 aromatic rings. The van der Waals surface area contributed by atoms with Gasteiger partial charge in [-0.3, -0.25) is 14.6 Å². The van der Waals surface area contributed by atoms with E-state index in [1.165, 1.54) is 0 Å². The highest BCUT2D eigenvalue weighted by Crippen LogP contribution is 2.26. The lowest BCUT2D eigenvalue weighted by atomic mass is 10.1. The Balaban J connectivity index is 2.54. The standard InChI is InChI=1S/C13H19N5O2/c1-7-5-9(11(13(15)20)8(2)17-7)18-4-3-16-6-10(18)12(14)19/h5,10,16H,3-4,6H2,1-2H3,(H2,14,19)(H2,15,20). The maximum Gasteiger partial charge on any atom is 0.252 e. The molecule has 7 heteroatoms. The van der Waals surface area contributed by atoms with Crippen molar-refractivity contribution in [1.82, 2.24) is 10.3 Å². The number of rotatable bonds is 3. The molecule has 1 unspecified atom stereocenters. The van der Waals surface area contributed by atoms with Gasteiger partial charge in [0.05, 0.1) is 16.9 Å². The Bertz CT molecular complexity index is 558. The first kappa shape index (κ1) is 14.3. The molecule has 1 fully saturated rings. The van der Waals surface area contributed by atoms with Crippen LogP contribution in [0.3, 0.4) is 0 Å². The second kappa shape index (κ2) is 5.46. The number of carbonyl (C=O) groups is 2. The summed E-state index contributed by atoms with van der Waals surface area (Å²) < 4.78 is 0. The quantitative estimate of drug-likeness (QED) is 0.660. The van der Waals surface area contributed by atoms with Crippen molar-refractivity contribution in [3.05, 3.63) is 23.0 Å². The van der Waals surface area contributed by atoms with Crippen LogP contribution in [-0.2, 0) is 4.79 Å². The van der Waals surface area contributed by atoms with Crippen LogP contribution in [0.4, 0.5) is 5.69 Å². The van der Waals surface area contributed by atoms with E-state index in [0.717, 1.165) is 5.69 Å². The number of amides is 2. The Morgan fingerprint density at radius 3 is 2.70 bits per heavy atom. The highest BCUT2D eigenvalue weighted by molar-refractivity contribution is 6.00. The van der Waals surface area contributed by atoms with Gasteiger partial charge in [-0.2, -0.15) is 0 Å². The predicted molar refractivity (Wildman–Crippen MR) is 75.4 cm³/mol. The van der Waals surface area contributed by atoms with Crippen LogP contribution in [0.2, 0.25) is 0 Å². The van der Waals surface area contributed by atoms with Crippen molar-refractivity contribution >= 4 is 17.5 Å². The van der Waals surface area contributed by atoms with Gasteiger partial charge >= 0.3 is 0 Å². The van der Waals surface area contributed by atoms with Crippen LogP contribution in [0, 0.1) is 13.8 Å². The van der Waals surface area contributed by atoms with Gasteiger partial charge in [0, 0.05) is 25.3 Å². The molecule has 1 atom stereocenters. The fourth-order valence-corrected chi connectivity index (χ4v) is 2.59. The largest absolute Gasteiger partial charge is 0.368 e. The van der Waals surface area contributed by atoms with Crippen molar-refractivity contribution in [2.24, 2.45) is 11.5 Å². The Labute approximate surface area is 117 Å². The lowest BCUT2D eigenvalue weighted by Crippen LogP contribution is -2.57. The van der Waals surface area contributed by atoms with E-state index < -0.39 is 17.9 Å². The minimum Gasteiger partial charge on any atom is -0.368 e.